The van der Waals surface area contributed by atoms with Crippen LogP contribution in [0.4, 0.5) is 5.69 Å². The standard InChI is InChI=1S/C13H17N5O/c1-3-10(14)13(19)16-11-7-5-4-6-9(11)12-17-15-8-18(12)2/h4-8,10H,3,14H2,1-2H3,(H,16,19)/t10-/m1/s1. The van der Waals surface area contributed by atoms with E-state index < -0.39 is 6.04 Å². The lowest BCUT2D eigenvalue weighted by atomic mass is 10.1. The van der Waals surface area contributed by atoms with Gasteiger partial charge >= 0.3 is 0 Å². The average molecular weight is 259 g/mol. The number of rotatable bonds is 4. The molecule has 1 amide bonds. The largest absolute Gasteiger partial charge is 0.324 e. The molecule has 1 aromatic heterocycles. The first kappa shape index (κ1) is 13.2. The normalized spacial score (nSPS) is 12.2. The van der Waals surface area contributed by atoms with Crippen molar-refractivity contribution in [2.24, 2.45) is 12.8 Å². The van der Waals surface area contributed by atoms with Crippen molar-refractivity contribution in [3.05, 3.63) is 30.6 Å². The van der Waals surface area contributed by atoms with Gasteiger partial charge in [-0.1, -0.05) is 19.1 Å². The van der Waals surface area contributed by atoms with Gasteiger partial charge in [-0.3, -0.25) is 4.79 Å². The predicted octanol–water partition coefficient (Wildman–Crippen LogP) is 1.16. The number of anilines is 1. The topological polar surface area (TPSA) is 85.8 Å². The number of nitrogens with zero attached hydrogens (tertiary/aromatic N) is 3. The van der Waals surface area contributed by atoms with Crippen molar-refractivity contribution in [3.8, 4) is 11.4 Å². The molecule has 2 rings (SSSR count). The third-order valence-electron chi connectivity index (χ3n) is 2.91. The van der Waals surface area contributed by atoms with Gasteiger partial charge in [0.1, 0.15) is 6.33 Å². The molecule has 100 valence electrons. The Morgan fingerprint density at radius 1 is 1.47 bits per heavy atom. The zero-order valence-corrected chi connectivity index (χ0v) is 11.0. The minimum absolute atomic E-state index is 0.197. The van der Waals surface area contributed by atoms with E-state index in [2.05, 4.69) is 15.5 Å². The summed E-state index contributed by atoms with van der Waals surface area (Å²) in [5, 5.41) is 10.7. The van der Waals surface area contributed by atoms with Gasteiger partial charge in [-0.15, -0.1) is 10.2 Å². The molecular formula is C13H17N5O. The predicted molar refractivity (Wildman–Crippen MR) is 73.3 cm³/mol. The lowest BCUT2D eigenvalue weighted by Crippen LogP contribution is -2.34. The smallest absolute Gasteiger partial charge is 0.241 e. The van der Waals surface area contributed by atoms with E-state index in [4.69, 9.17) is 5.73 Å². The van der Waals surface area contributed by atoms with Crippen LogP contribution in [0.1, 0.15) is 13.3 Å². The van der Waals surface area contributed by atoms with Gasteiger partial charge in [0.05, 0.1) is 11.7 Å². The Kier molecular flexibility index (Phi) is 3.91. The third-order valence-corrected chi connectivity index (χ3v) is 2.91. The minimum atomic E-state index is -0.507. The van der Waals surface area contributed by atoms with E-state index in [0.717, 1.165) is 5.56 Å². The van der Waals surface area contributed by atoms with E-state index in [1.165, 1.54) is 0 Å². The van der Waals surface area contributed by atoms with Crippen molar-refractivity contribution in [3.63, 3.8) is 0 Å². The monoisotopic (exact) mass is 259 g/mol. The van der Waals surface area contributed by atoms with E-state index in [-0.39, 0.29) is 5.91 Å². The summed E-state index contributed by atoms with van der Waals surface area (Å²) in [6, 6.07) is 6.95. The first-order valence-corrected chi connectivity index (χ1v) is 6.13. The van der Waals surface area contributed by atoms with Crippen LogP contribution < -0.4 is 11.1 Å². The number of hydrogen-bond donors (Lipinski definition) is 2. The van der Waals surface area contributed by atoms with Crippen LogP contribution in [0, 0.1) is 0 Å². The summed E-state index contributed by atoms with van der Waals surface area (Å²) >= 11 is 0. The third kappa shape index (κ3) is 2.79. The lowest BCUT2D eigenvalue weighted by molar-refractivity contribution is -0.117. The SMILES string of the molecule is CC[C@@H](N)C(=O)Nc1ccccc1-c1nncn1C. The number of hydrogen-bond acceptors (Lipinski definition) is 4. The highest BCUT2D eigenvalue weighted by atomic mass is 16.2. The Bertz CT molecular complexity index is 578. The van der Waals surface area contributed by atoms with E-state index in [9.17, 15) is 4.79 Å². The second-order valence-corrected chi connectivity index (χ2v) is 4.32. The molecule has 6 heteroatoms. The second-order valence-electron chi connectivity index (χ2n) is 4.32. The minimum Gasteiger partial charge on any atom is -0.324 e. The molecular weight excluding hydrogens is 242 g/mol. The van der Waals surface area contributed by atoms with Crippen LogP contribution in [-0.2, 0) is 11.8 Å². The van der Waals surface area contributed by atoms with Crippen molar-refractivity contribution in [1.29, 1.82) is 0 Å². The fraction of sp³-hybridized carbons (Fsp3) is 0.308. The molecule has 0 saturated carbocycles. The molecule has 0 unspecified atom stereocenters. The first-order valence-electron chi connectivity index (χ1n) is 6.13. The van der Waals surface area contributed by atoms with E-state index >= 15 is 0 Å². The molecule has 0 aliphatic heterocycles. The highest BCUT2D eigenvalue weighted by Crippen LogP contribution is 2.25. The summed E-state index contributed by atoms with van der Waals surface area (Å²) in [5.41, 5.74) is 7.22. The fourth-order valence-electron chi connectivity index (χ4n) is 1.72. The second kappa shape index (κ2) is 5.62. The number of carbonyl (C=O) groups is 1. The summed E-state index contributed by atoms with van der Waals surface area (Å²) in [4.78, 5) is 11.9. The zero-order chi connectivity index (χ0) is 13.8. The highest BCUT2D eigenvalue weighted by molar-refractivity contribution is 5.97. The molecule has 0 fully saturated rings. The maximum Gasteiger partial charge on any atom is 0.241 e. The molecule has 2 aromatic rings. The van der Waals surface area contributed by atoms with E-state index in [1.54, 1.807) is 10.9 Å². The Balaban J connectivity index is 2.32. The molecule has 0 radical (unpaired) electrons. The number of carbonyl (C=O) groups excluding carboxylic acids is 1. The van der Waals surface area contributed by atoms with Gasteiger partial charge in [0.25, 0.3) is 0 Å². The van der Waals surface area contributed by atoms with Crippen molar-refractivity contribution >= 4 is 11.6 Å². The van der Waals surface area contributed by atoms with Crippen LogP contribution in [0.2, 0.25) is 0 Å². The van der Waals surface area contributed by atoms with Crippen LogP contribution in [-0.4, -0.2) is 26.7 Å². The summed E-state index contributed by atoms with van der Waals surface area (Å²) in [6.07, 6.45) is 2.21. The number of nitrogens with two attached hydrogens (primary N) is 1. The van der Waals surface area contributed by atoms with E-state index in [0.29, 0.717) is 17.9 Å². The number of aromatic nitrogens is 3. The molecule has 0 saturated heterocycles. The van der Waals surface area contributed by atoms with Gasteiger partial charge in [-0.25, -0.2) is 0 Å². The molecule has 1 heterocycles. The maximum absolute atomic E-state index is 11.9. The number of nitrogens with one attached hydrogen (secondary N) is 1. The Labute approximate surface area is 111 Å². The van der Waals surface area contributed by atoms with Gasteiger partial charge in [-0.05, 0) is 18.6 Å². The maximum atomic E-state index is 11.9. The number of amides is 1. The van der Waals surface area contributed by atoms with Crippen LogP contribution in [0.5, 0.6) is 0 Å². The van der Waals surface area contributed by atoms with Gasteiger partial charge in [0, 0.05) is 12.6 Å². The summed E-state index contributed by atoms with van der Waals surface area (Å²) in [5.74, 6) is 0.498. The van der Waals surface area contributed by atoms with Gasteiger partial charge in [0.15, 0.2) is 5.82 Å². The van der Waals surface area contributed by atoms with E-state index in [1.807, 2.05) is 38.2 Å². The van der Waals surface area contributed by atoms with Crippen LogP contribution in [0.25, 0.3) is 11.4 Å². The van der Waals surface area contributed by atoms with Crippen molar-refractivity contribution in [1.82, 2.24) is 14.8 Å². The van der Waals surface area contributed by atoms with Gasteiger partial charge in [-0.2, -0.15) is 0 Å². The van der Waals surface area contributed by atoms with Crippen molar-refractivity contribution in [2.45, 2.75) is 19.4 Å². The summed E-state index contributed by atoms with van der Waals surface area (Å²) < 4.78 is 1.80. The molecule has 1 atom stereocenters. The molecule has 3 N–H and O–H groups in total. The molecule has 0 aliphatic carbocycles. The molecule has 0 bridgehead atoms. The quantitative estimate of drug-likeness (QED) is 0.862. The number of benzene rings is 1. The Hall–Kier alpha value is -2.21. The zero-order valence-electron chi connectivity index (χ0n) is 11.0. The lowest BCUT2D eigenvalue weighted by Gasteiger charge is -2.13. The average Bonchev–Trinajstić information content (AvgIpc) is 2.84. The van der Waals surface area contributed by atoms with Crippen molar-refractivity contribution in [2.75, 3.05) is 5.32 Å². The van der Waals surface area contributed by atoms with Crippen LogP contribution in [0.15, 0.2) is 30.6 Å². The fourth-order valence-corrected chi connectivity index (χ4v) is 1.72. The first-order chi connectivity index (χ1) is 9.13. The molecule has 1 aromatic carbocycles. The number of para-hydroxylation sites is 1. The van der Waals surface area contributed by atoms with Crippen molar-refractivity contribution < 1.29 is 4.79 Å². The van der Waals surface area contributed by atoms with Crippen LogP contribution in [0.3, 0.4) is 0 Å². The Morgan fingerprint density at radius 3 is 2.84 bits per heavy atom. The highest BCUT2D eigenvalue weighted by Gasteiger charge is 2.15. The molecule has 6 nitrogen and oxygen atoms in total. The summed E-state index contributed by atoms with van der Waals surface area (Å²) in [7, 11) is 1.85. The van der Waals surface area contributed by atoms with Gasteiger partial charge < -0.3 is 15.6 Å². The molecule has 0 aliphatic rings. The Morgan fingerprint density at radius 2 is 2.21 bits per heavy atom. The molecule has 19 heavy (non-hydrogen) atoms. The molecule has 0 spiro atoms. The van der Waals surface area contributed by atoms with Crippen LogP contribution >= 0.6 is 0 Å². The summed E-state index contributed by atoms with van der Waals surface area (Å²) in [6.45, 7) is 1.87. The number of aryl methyl sites for hydroxylation is 1. The van der Waals surface area contributed by atoms with Gasteiger partial charge in [0.2, 0.25) is 5.91 Å².